The van der Waals surface area contributed by atoms with Crippen LogP contribution in [0.3, 0.4) is 0 Å². The SMILES string of the molecule is CCN1CCC(N2C[C@@H]3OC(=O)N(CCCc4ccc(F)cc4)[C@@H]3C2)CC1. The van der Waals surface area contributed by atoms with Gasteiger partial charge in [-0.15, -0.1) is 0 Å². The number of piperidine rings is 1. The van der Waals surface area contributed by atoms with Crippen molar-refractivity contribution in [2.75, 3.05) is 39.3 Å². The summed E-state index contributed by atoms with van der Waals surface area (Å²) >= 11 is 0. The second kappa shape index (κ2) is 8.15. The zero-order valence-corrected chi connectivity index (χ0v) is 16.1. The van der Waals surface area contributed by atoms with E-state index >= 15 is 0 Å². The number of ether oxygens (including phenoxy) is 1. The van der Waals surface area contributed by atoms with Crippen molar-refractivity contribution in [1.82, 2.24) is 14.7 Å². The first-order chi connectivity index (χ1) is 13.1. The fourth-order valence-electron chi connectivity index (χ4n) is 4.79. The Bertz CT molecular complexity index is 645. The standard InChI is InChI=1S/C21H30FN3O2/c1-2-23-12-9-18(10-13-23)24-14-19-20(15-24)27-21(26)25(19)11-3-4-16-5-7-17(22)8-6-16/h5-8,18-20H,2-4,9-15H2,1H3/t19-,20+/m1/s1. The monoisotopic (exact) mass is 375 g/mol. The van der Waals surface area contributed by atoms with Crippen molar-refractivity contribution in [3.05, 3.63) is 35.6 Å². The van der Waals surface area contributed by atoms with E-state index in [0.717, 1.165) is 38.0 Å². The highest BCUT2D eigenvalue weighted by Crippen LogP contribution is 2.30. The number of aryl methyl sites for hydroxylation is 1. The Labute approximate surface area is 161 Å². The van der Waals surface area contributed by atoms with E-state index in [4.69, 9.17) is 4.74 Å². The van der Waals surface area contributed by atoms with E-state index in [2.05, 4.69) is 16.7 Å². The zero-order valence-electron chi connectivity index (χ0n) is 16.1. The maximum atomic E-state index is 13.0. The Hall–Kier alpha value is -1.66. The van der Waals surface area contributed by atoms with E-state index < -0.39 is 0 Å². The van der Waals surface area contributed by atoms with Crippen LogP contribution in [-0.2, 0) is 11.2 Å². The van der Waals surface area contributed by atoms with Gasteiger partial charge in [-0.3, -0.25) is 4.90 Å². The molecule has 3 saturated heterocycles. The summed E-state index contributed by atoms with van der Waals surface area (Å²) in [6.07, 6.45) is 4.01. The van der Waals surface area contributed by atoms with E-state index in [-0.39, 0.29) is 24.1 Å². The van der Waals surface area contributed by atoms with Gasteiger partial charge >= 0.3 is 6.09 Å². The fraction of sp³-hybridized carbons (Fsp3) is 0.667. The zero-order chi connectivity index (χ0) is 18.8. The Morgan fingerprint density at radius 1 is 1.15 bits per heavy atom. The van der Waals surface area contributed by atoms with Crippen LogP contribution >= 0.6 is 0 Å². The van der Waals surface area contributed by atoms with Gasteiger partial charge in [0.1, 0.15) is 11.9 Å². The van der Waals surface area contributed by atoms with E-state index in [1.807, 2.05) is 17.0 Å². The van der Waals surface area contributed by atoms with Crippen LogP contribution in [-0.4, -0.2) is 78.2 Å². The third-order valence-electron chi connectivity index (χ3n) is 6.45. The molecule has 0 N–H and O–H groups in total. The van der Waals surface area contributed by atoms with E-state index in [1.165, 1.54) is 38.1 Å². The molecule has 0 aliphatic carbocycles. The van der Waals surface area contributed by atoms with Crippen molar-refractivity contribution in [3.8, 4) is 0 Å². The minimum absolute atomic E-state index is 0.0209. The maximum absolute atomic E-state index is 13.0. The summed E-state index contributed by atoms with van der Waals surface area (Å²) in [5.41, 5.74) is 1.11. The number of carbonyl (C=O) groups excluding carboxylic acids is 1. The van der Waals surface area contributed by atoms with Gasteiger partial charge in [0.25, 0.3) is 0 Å². The molecule has 4 rings (SSSR count). The van der Waals surface area contributed by atoms with Gasteiger partial charge in [0, 0.05) is 25.7 Å². The second-order valence-corrected chi connectivity index (χ2v) is 8.03. The first kappa shape index (κ1) is 18.7. The molecule has 0 radical (unpaired) electrons. The van der Waals surface area contributed by atoms with Crippen LogP contribution in [0.4, 0.5) is 9.18 Å². The molecule has 0 spiro atoms. The number of benzene rings is 1. The first-order valence-electron chi connectivity index (χ1n) is 10.3. The number of rotatable bonds is 6. The number of nitrogens with zero attached hydrogens (tertiary/aromatic N) is 3. The van der Waals surface area contributed by atoms with Crippen LogP contribution in [0.15, 0.2) is 24.3 Å². The van der Waals surface area contributed by atoms with Crippen molar-refractivity contribution >= 4 is 6.09 Å². The number of amides is 1. The molecular weight excluding hydrogens is 345 g/mol. The van der Waals surface area contributed by atoms with Crippen molar-refractivity contribution in [3.63, 3.8) is 0 Å². The summed E-state index contributed by atoms with van der Waals surface area (Å²) in [5, 5.41) is 0. The molecular formula is C21H30FN3O2. The van der Waals surface area contributed by atoms with Crippen LogP contribution in [0.2, 0.25) is 0 Å². The summed E-state index contributed by atoms with van der Waals surface area (Å²) < 4.78 is 18.7. The number of likely N-dealkylation sites (tertiary alicyclic amines) is 2. The Morgan fingerprint density at radius 3 is 2.59 bits per heavy atom. The predicted molar refractivity (Wildman–Crippen MR) is 102 cm³/mol. The van der Waals surface area contributed by atoms with E-state index in [9.17, 15) is 9.18 Å². The second-order valence-electron chi connectivity index (χ2n) is 8.03. The van der Waals surface area contributed by atoms with Gasteiger partial charge in [-0.2, -0.15) is 0 Å². The van der Waals surface area contributed by atoms with Crippen molar-refractivity contribution in [2.45, 2.75) is 50.8 Å². The largest absolute Gasteiger partial charge is 0.442 e. The average Bonchev–Trinajstić information content (AvgIpc) is 3.21. The molecule has 3 heterocycles. The summed E-state index contributed by atoms with van der Waals surface area (Å²) in [5.74, 6) is -0.208. The lowest BCUT2D eigenvalue weighted by Crippen LogP contribution is -2.46. The minimum Gasteiger partial charge on any atom is -0.442 e. The van der Waals surface area contributed by atoms with Gasteiger partial charge in [0.2, 0.25) is 0 Å². The molecule has 1 amide bonds. The lowest BCUT2D eigenvalue weighted by molar-refractivity contribution is 0.0899. The van der Waals surface area contributed by atoms with Crippen molar-refractivity contribution in [2.24, 2.45) is 0 Å². The average molecular weight is 375 g/mol. The van der Waals surface area contributed by atoms with Crippen LogP contribution in [0.1, 0.15) is 31.7 Å². The Morgan fingerprint density at radius 2 is 1.89 bits per heavy atom. The summed E-state index contributed by atoms with van der Waals surface area (Å²) in [6, 6.07) is 7.44. The van der Waals surface area contributed by atoms with Crippen LogP contribution in [0, 0.1) is 5.82 Å². The van der Waals surface area contributed by atoms with Crippen molar-refractivity contribution in [1.29, 1.82) is 0 Å². The van der Waals surface area contributed by atoms with Gasteiger partial charge in [-0.25, -0.2) is 9.18 Å². The molecule has 2 atom stereocenters. The maximum Gasteiger partial charge on any atom is 0.410 e. The highest BCUT2D eigenvalue weighted by atomic mass is 19.1. The third-order valence-corrected chi connectivity index (χ3v) is 6.45. The summed E-state index contributed by atoms with van der Waals surface area (Å²) in [6.45, 7) is 8.23. The topological polar surface area (TPSA) is 36.0 Å². The molecule has 1 aromatic rings. The quantitative estimate of drug-likeness (QED) is 0.766. The lowest BCUT2D eigenvalue weighted by Gasteiger charge is -2.36. The van der Waals surface area contributed by atoms with Gasteiger partial charge in [-0.1, -0.05) is 19.1 Å². The normalized spacial score (nSPS) is 27.2. The first-order valence-corrected chi connectivity index (χ1v) is 10.3. The van der Waals surface area contributed by atoms with Gasteiger partial charge in [-0.05, 0) is 63.0 Å². The highest BCUT2D eigenvalue weighted by molar-refractivity contribution is 5.71. The number of carbonyl (C=O) groups is 1. The number of halogens is 1. The van der Waals surface area contributed by atoms with Gasteiger partial charge in [0.05, 0.1) is 6.04 Å². The number of fused-ring (bicyclic) bond motifs is 1. The van der Waals surface area contributed by atoms with Crippen LogP contribution in [0.25, 0.3) is 0 Å². The highest BCUT2D eigenvalue weighted by Gasteiger charge is 2.48. The molecule has 3 fully saturated rings. The molecule has 27 heavy (non-hydrogen) atoms. The Kier molecular flexibility index (Phi) is 5.64. The molecule has 1 aromatic carbocycles. The van der Waals surface area contributed by atoms with Crippen LogP contribution < -0.4 is 0 Å². The number of hydrogen-bond donors (Lipinski definition) is 0. The van der Waals surface area contributed by atoms with Crippen molar-refractivity contribution < 1.29 is 13.9 Å². The Balaban J connectivity index is 1.28. The predicted octanol–water partition coefficient (Wildman–Crippen LogP) is 2.75. The molecule has 5 nitrogen and oxygen atoms in total. The van der Waals surface area contributed by atoms with E-state index in [0.29, 0.717) is 12.6 Å². The lowest BCUT2D eigenvalue weighted by atomic mass is 10.0. The molecule has 0 saturated carbocycles. The van der Waals surface area contributed by atoms with E-state index in [1.54, 1.807) is 0 Å². The molecule has 148 valence electrons. The smallest absolute Gasteiger partial charge is 0.410 e. The molecule has 0 aromatic heterocycles. The van der Waals surface area contributed by atoms with Gasteiger partial charge < -0.3 is 14.5 Å². The minimum atomic E-state index is -0.208. The third kappa shape index (κ3) is 4.11. The molecule has 3 aliphatic heterocycles. The summed E-state index contributed by atoms with van der Waals surface area (Å²) in [7, 11) is 0. The summed E-state index contributed by atoms with van der Waals surface area (Å²) in [4.78, 5) is 19.2. The molecule has 6 heteroatoms. The number of hydrogen-bond acceptors (Lipinski definition) is 4. The van der Waals surface area contributed by atoms with Crippen LogP contribution in [0.5, 0.6) is 0 Å². The van der Waals surface area contributed by atoms with Gasteiger partial charge in [0.15, 0.2) is 0 Å². The molecule has 3 aliphatic rings. The molecule has 0 unspecified atom stereocenters. The fourth-order valence-corrected chi connectivity index (χ4v) is 4.79. The molecule has 0 bridgehead atoms.